The van der Waals surface area contributed by atoms with Crippen LogP contribution in [0, 0.1) is 0 Å². The van der Waals surface area contributed by atoms with E-state index in [9.17, 15) is 0 Å². The van der Waals surface area contributed by atoms with E-state index in [1.54, 1.807) is 6.33 Å². The van der Waals surface area contributed by atoms with Crippen LogP contribution >= 0.6 is 0 Å². The van der Waals surface area contributed by atoms with Gasteiger partial charge in [-0.05, 0) is 17.9 Å². The molecule has 0 bridgehead atoms. The summed E-state index contributed by atoms with van der Waals surface area (Å²) >= 11 is 0. The molecule has 13 heavy (non-hydrogen) atoms. The highest BCUT2D eigenvalue weighted by Crippen LogP contribution is 2.24. The molecule has 0 saturated carbocycles. The highest BCUT2D eigenvalue weighted by Gasteiger charge is 2.09. The molecule has 2 aromatic rings. The van der Waals surface area contributed by atoms with E-state index >= 15 is 0 Å². The normalized spacial score (nSPS) is 13.4. The number of fused-ring (bicyclic) bond motifs is 1. The molecule has 0 aromatic carbocycles. The fraction of sp³-hybridized carbons (Fsp3) is 0.400. The second-order valence-corrected chi connectivity index (χ2v) is 3.34. The predicted molar refractivity (Wildman–Crippen MR) is 54.7 cm³/mol. The molecule has 0 amide bonds. The number of hydrogen-bond donors (Lipinski definition) is 1. The molecule has 0 aliphatic carbocycles. The van der Waals surface area contributed by atoms with Gasteiger partial charge >= 0.3 is 0 Å². The Morgan fingerprint density at radius 2 is 2.46 bits per heavy atom. The minimum Gasteiger partial charge on any atom is -0.358 e. The summed E-state index contributed by atoms with van der Waals surface area (Å²) in [5, 5.41) is 0. The average Bonchev–Trinajstić information content (AvgIpc) is 2.60. The first kappa shape index (κ1) is 8.23. The monoisotopic (exact) mass is 177 g/mol. The quantitative estimate of drug-likeness (QED) is 0.766. The van der Waals surface area contributed by atoms with Crippen molar-refractivity contribution in [3.05, 3.63) is 24.3 Å². The van der Waals surface area contributed by atoms with Gasteiger partial charge in [0.25, 0.3) is 0 Å². The van der Waals surface area contributed by atoms with Gasteiger partial charge in [-0.25, -0.2) is 9.97 Å². The first-order valence-corrected chi connectivity index (χ1v) is 4.60. The van der Waals surface area contributed by atoms with Gasteiger partial charge in [0.05, 0.1) is 17.2 Å². The number of nitrogens with one attached hydrogen (secondary N) is 1. The highest BCUT2D eigenvalue weighted by atomic mass is 14.9. The fourth-order valence-electron chi connectivity index (χ4n) is 1.48. The molecular weight excluding hydrogens is 162 g/mol. The predicted octanol–water partition coefficient (Wildman–Crippen LogP) is 2.72. The number of rotatable bonds is 2. The Morgan fingerprint density at radius 1 is 1.62 bits per heavy atom. The molecule has 0 aliphatic heterocycles. The second kappa shape index (κ2) is 3.17. The Kier molecular flexibility index (Phi) is 2.00. The van der Waals surface area contributed by atoms with Crippen LogP contribution in [0.3, 0.4) is 0 Å². The Balaban J connectivity index is 0.000000980. The standard InChI is InChI=1S/C10H13N3.H2/c1-3-7(2)8-4-12-9-5-11-6-13-10(8)9;/h4-7,12H,3H2,1-2H3;1H. The largest absolute Gasteiger partial charge is 0.358 e. The first-order chi connectivity index (χ1) is 6.33. The lowest BCUT2D eigenvalue weighted by Crippen LogP contribution is -1.90. The summed E-state index contributed by atoms with van der Waals surface area (Å²) in [4.78, 5) is 11.4. The molecule has 70 valence electrons. The summed E-state index contributed by atoms with van der Waals surface area (Å²) in [6.07, 6.45) is 6.58. The summed E-state index contributed by atoms with van der Waals surface area (Å²) in [5.41, 5.74) is 3.38. The fourth-order valence-corrected chi connectivity index (χ4v) is 1.48. The smallest absolute Gasteiger partial charge is 0.116 e. The number of aromatic amines is 1. The lowest BCUT2D eigenvalue weighted by Gasteiger charge is -2.04. The van der Waals surface area contributed by atoms with Crippen molar-refractivity contribution < 1.29 is 1.43 Å². The van der Waals surface area contributed by atoms with Gasteiger partial charge in [-0.15, -0.1) is 0 Å². The summed E-state index contributed by atoms with van der Waals surface area (Å²) in [5.74, 6) is 0.559. The van der Waals surface area contributed by atoms with Crippen LogP contribution in [0.25, 0.3) is 11.0 Å². The number of hydrogen-bond acceptors (Lipinski definition) is 2. The Labute approximate surface area is 78.7 Å². The summed E-state index contributed by atoms with van der Waals surface area (Å²) in [6.45, 7) is 4.40. The van der Waals surface area contributed by atoms with Gasteiger partial charge in [-0.3, -0.25) is 0 Å². The highest BCUT2D eigenvalue weighted by molar-refractivity contribution is 5.78. The molecule has 1 atom stereocenters. The van der Waals surface area contributed by atoms with Gasteiger partial charge in [0.1, 0.15) is 6.33 Å². The van der Waals surface area contributed by atoms with E-state index in [1.165, 1.54) is 5.56 Å². The van der Waals surface area contributed by atoms with Crippen LogP contribution in [-0.4, -0.2) is 15.0 Å². The summed E-state index contributed by atoms with van der Waals surface area (Å²) in [7, 11) is 0. The average molecular weight is 177 g/mol. The van der Waals surface area contributed by atoms with E-state index in [4.69, 9.17) is 0 Å². The Morgan fingerprint density at radius 3 is 3.23 bits per heavy atom. The zero-order valence-corrected chi connectivity index (χ0v) is 7.91. The van der Waals surface area contributed by atoms with Crippen LogP contribution in [0.1, 0.15) is 33.2 Å². The van der Waals surface area contributed by atoms with E-state index in [0.717, 1.165) is 17.5 Å². The van der Waals surface area contributed by atoms with Crippen molar-refractivity contribution in [2.45, 2.75) is 26.2 Å². The van der Waals surface area contributed by atoms with Crippen LogP contribution in [0.4, 0.5) is 0 Å². The topological polar surface area (TPSA) is 41.6 Å². The molecule has 0 spiro atoms. The molecule has 0 saturated heterocycles. The van der Waals surface area contributed by atoms with Gasteiger partial charge < -0.3 is 4.98 Å². The molecular formula is C10H15N3. The number of H-pyrrole nitrogens is 1. The zero-order valence-electron chi connectivity index (χ0n) is 7.91. The van der Waals surface area contributed by atoms with E-state index in [2.05, 4.69) is 28.8 Å². The van der Waals surface area contributed by atoms with E-state index in [1.807, 2.05) is 12.4 Å². The third-order valence-corrected chi connectivity index (χ3v) is 2.51. The maximum absolute atomic E-state index is 4.27. The minimum atomic E-state index is 0. The molecule has 2 aromatic heterocycles. The van der Waals surface area contributed by atoms with E-state index < -0.39 is 0 Å². The SMILES string of the molecule is CCC(C)c1c[nH]c2cncnc12.[HH]. The molecule has 0 radical (unpaired) electrons. The van der Waals surface area contributed by atoms with Gasteiger partial charge in [0.2, 0.25) is 0 Å². The van der Waals surface area contributed by atoms with Crippen molar-refractivity contribution in [3.8, 4) is 0 Å². The van der Waals surface area contributed by atoms with Gasteiger partial charge in [-0.2, -0.15) is 0 Å². The molecule has 3 heteroatoms. The number of aromatic nitrogens is 3. The molecule has 0 fully saturated rings. The van der Waals surface area contributed by atoms with Crippen molar-refractivity contribution in [1.29, 1.82) is 0 Å². The van der Waals surface area contributed by atoms with Crippen molar-refractivity contribution in [2.75, 3.05) is 0 Å². The summed E-state index contributed by atoms with van der Waals surface area (Å²) in [6, 6.07) is 0. The lowest BCUT2D eigenvalue weighted by molar-refractivity contribution is 0.738. The third kappa shape index (κ3) is 1.30. The Bertz CT molecular complexity index is 410. The zero-order chi connectivity index (χ0) is 9.26. The number of nitrogens with zero attached hydrogens (tertiary/aromatic N) is 2. The van der Waals surface area contributed by atoms with Gasteiger partial charge in [0, 0.05) is 7.62 Å². The van der Waals surface area contributed by atoms with Crippen LogP contribution in [0.15, 0.2) is 18.7 Å². The summed E-state index contributed by atoms with van der Waals surface area (Å²) < 4.78 is 0. The maximum Gasteiger partial charge on any atom is 0.116 e. The van der Waals surface area contributed by atoms with Gasteiger partial charge in [-0.1, -0.05) is 13.8 Å². The van der Waals surface area contributed by atoms with Crippen molar-refractivity contribution >= 4 is 11.0 Å². The maximum atomic E-state index is 4.27. The minimum absolute atomic E-state index is 0. The third-order valence-electron chi connectivity index (χ3n) is 2.51. The van der Waals surface area contributed by atoms with Crippen LogP contribution in [0.2, 0.25) is 0 Å². The van der Waals surface area contributed by atoms with Crippen LogP contribution in [0.5, 0.6) is 0 Å². The molecule has 0 aliphatic rings. The molecule has 2 rings (SSSR count). The van der Waals surface area contributed by atoms with Crippen LogP contribution < -0.4 is 0 Å². The second-order valence-electron chi connectivity index (χ2n) is 3.34. The lowest BCUT2D eigenvalue weighted by atomic mass is 10.0. The Hall–Kier alpha value is -1.38. The van der Waals surface area contributed by atoms with Crippen molar-refractivity contribution in [2.24, 2.45) is 0 Å². The van der Waals surface area contributed by atoms with Crippen LogP contribution in [-0.2, 0) is 0 Å². The van der Waals surface area contributed by atoms with Gasteiger partial charge in [0.15, 0.2) is 0 Å². The first-order valence-electron chi connectivity index (χ1n) is 4.60. The molecule has 3 nitrogen and oxygen atoms in total. The molecule has 1 N–H and O–H groups in total. The molecule has 2 heterocycles. The van der Waals surface area contributed by atoms with E-state index in [0.29, 0.717) is 5.92 Å². The van der Waals surface area contributed by atoms with Crippen molar-refractivity contribution in [1.82, 2.24) is 15.0 Å². The van der Waals surface area contributed by atoms with E-state index in [-0.39, 0.29) is 1.43 Å². The molecule has 1 unspecified atom stereocenters. The van der Waals surface area contributed by atoms with Crippen molar-refractivity contribution in [3.63, 3.8) is 0 Å².